The smallest absolute Gasteiger partial charge is 0.475 e. The number of aryl methyl sites for hydroxylation is 1. The Balaban J connectivity index is 0.000000406. The van der Waals surface area contributed by atoms with Crippen molar-refractivity contribution in [2.24, 2.45) is 0 Å². The standard InChI is InChI=1S/C22H27N5.C2HF3O2/c1-16-14-22(26-25-16)27-12-8-21(9-13-27)24-17(2)19-4-3-5-20(15-19)18-6-10-23-11-7-18;3-2(4,5)1(6)7/h3-7,10-11,14-15,17,21,24H,8-9,12-13H2,1-2H3,(H,25,26);(H,6,7). The van der Waals surface area contributed by atoms with Crippen LogP contribution in [0, 0.1) is 6.92 Å². The largest absolute Gasteiger partial charge is 0.490 e. The molecule has 1 unspecified atom stereocenters. The van der Waals surface area contributed by atoms with Crippen LogP contribution in [-0.4, -0.2) is 51.6 Å². The van der Waals surface area contributed by atoms with Crippen LogP contribution in [-0.2, 0) is 4.79 Å². The molecule has 1 aliphatic rings. The number of nitrogens with zero attached hydrogens (tertiary/aromatic N) is 3. The summed E-state index contributed by atoms with van der Waals surface area (Å²) in [6, 6.07) is 15.9. The molecule has 10 heteroatoms. The number of hydrogen-bond donors (Lipinski definition) is 3. The van der Waals surface area contributed by atoms with Crippen LogP contribution in [0.1, 0.15) is 37.1 Å². The van der Waals surface area contributed by atoms with E-state index in [1.807, 2.05) is 19.3 Å². The topological polar surface area (TPSA) is 94.1 Å². The molecule has 1 fully saturated rings. The van der Waals surface area contributed by atoms with Crippen LogP contribution in [0.3, 0.4) is 0 Å². The number of aromatic amines is 1. The maximum Gasteiger partial charge on any atom is 0.490 e. The van der Waals surface area contributed by atoms with E-state index < -0.39 is 12.1 Å². The number of rotatable bonds is 5. The summed E-state index contributed by atoms with van der Waals surface area (Å²) in [4.78, 5) is 15.4. The molecule has 0 aliphatic carbocycles. The molecule has 0 radical (unpaired) electrons. The molecule has 3 N–H and O–H groups in total. The molecule has 1 aliphatic heterocycles. The molecule has 1 atom stereocenters. The first-order chi connectivity index (χ1) is 16.1. The van der Waals surface area contributed by atoms with Gasteiger partial charge < -0.3 is 15.3 Å². The number of carboxylic acid groups (broad SMARTS) is 1. The van der Waals surface area contributed by atoms with Gasteiger partial charge in [-0.2, -0.15) is 18.3 Å². The fourth-order valence-corrected chi connectivity index (χ4v) is 3.82. The number of halogens is 3. The van der Waals surface area contributed by atoms with Gasteiger partial charge in [0.2, 0.25) is 0 Å². The molecule has 1 aromatic carbocycles. The first-order valence-corrected chi connectivity index (χ1v) is 11.0. The van der Waals surface area contributed by atoms with Crippen molar-refractivity contribution in [2.75, 3.05) is 18.0 Å². The van der Waals surface area contributed by atoms with Gasteiger partial charge in [0.05, 0.1) is 0 Å². The molecule has 0 spiro atoms. The lowest BCUT2D eigenvalue weighted by molar-refractivity contribution is -0.192. The molecular formula is C24H28F3N5O2. The average molecular weight is 476 g/mol. The van der Waals surface area contributed by atoms with Crippen LogP contribution in [0.2, 0.25) is 0 Å². The normalized spacial score (nSPS) is 15.4. The summed E-state index contributed by atoms with van der Waals surface area (Å²) in [5, 5.41) is 18.4. The number of hydrogen-bond acceptors (Lipinski definition) is 5. The number of aliphatic carboxylic acids is 1. The number of pyridine rings is 1. The zero-order chi connectivity index (χ0) is 24.7. The van der Waals surface area contributed by atoms with E-state index in [2.05, 4.69) is 74.8 Å². The van der Waals surface area contributed by atoms with E-state index in [1.165, 1.54) is 16.7 Å². The van der Waals surface area contributed by atoms with Crippen molar-refractivity contribution in [2.45, 2.75) is 44.9 Å². The van der Waals surface area contributed by atoms with Gasteiger partial charge in [-0.15, -0.1) is 0 Å². The van der Waals surface area contributed by atoms with E-state index in [-0.39, 0.29) is 0 Å². The number of anilines is 1. The van der Waals surface area contributed by atoms with Crippen LogP contribution in [0.15, 0.2) is 54.9 Å². The fraction of sp³-hybridized carbons (Fsp3) is 0.375. The number of carboxylic acids is 1. The summed E-state index contributed by atoms with van der Waals surface area (Å²) >= 11 is 0. The SMILES string of the molecule is Cc1cc(N2CCC(NC(C)c3cccc(-c4ccncc4)c3)CC2)n[nH]1.O=C(O)C(F)(F)F. The Morgan fingerprint density at radius 3 is 2.35 bits per heavy atom. The summed E-state index contributed by atoms with van der Waals surface area (Å²) < 4.78 is 31.7. The van der Waals surface area contributed by atoms with Crippen molar-refractivity contribution in [1.82, 2.24) is 20.5 Å². The van der Waals surface area contributed by atoms with Gasteiger partial charge in [-0.05, 0) is 61.6 Å². The number of piperidine rings is 1. The molecule has 0 bridgehead atoms. The van der Waals surface area contributed by atoms with Crippen LogP contribution in [0.25, 0.3) is 11.1 Å². The van der Waals surface area contributed by atoms with Gasteiger partial charge in [-0.1, -0.05) is 18.2 Å². The predicted octanol–water partition coefficient (Wildman–Crippen LogP) is 4.73. The van der Waals surface area contributed by atoms with Crippen molar-refractivity contribution in [1.29, 1.82) is 0 Å². The lowest BCUT2D eigenvalue weighted by atomic mass is 9.98. The predicted molar refractivity (Wildman–Crippen MR) is 123 cm³/mol. The number of alkyl halides is 3. The van der Waals surface area contributed by atoms with Crippen molar-refractivity contribution < 1.29 is 23.1 Å². The van der Waals surface area contributed by atoms with Crippen LogP contribution < -0.4 is 10.2 Å². The van der Waals surface area contributed by atoms with Crippen molar-refractivity contribution in [3.8, 4) is 11.1 Å². The third-order valence-electron chi connectivity index (χ3n) is 5.64. The molecule has 1 saturated heterocycles. The highest BCUT2D eigenvalue weighted by molar-refractivity contribution is 5.73. The number of carbonyl (C=O) groups is 1. The summed E-state index contributed by atoms with van der Waals surface area (Å²) in [5.41, 5.74) is 4.90. The van der Waals surface area contributed by atoms with Gasteiger partial charge in [0.25, 0.3) is 0 Å². The van der Waals surface area contributed by atoms with E-state index >= 15 is 0 Å². The molecule has 34 heavy (non-hydrogen) atoms. The first kappa shape index (κ1) is 25.2. The van der Waals surface area contributed by atoms with E-state index in [4.69, 9.17) is 9.90 Å². The van der Waals surface area contributed by atoms with Crippen molar-refractivity contribution >= 4 is 11.8 Å². The van der Waals surface area contributed by atoms with Crippen molar-refractivity contribution in [3.05, 3.63) is 66.1 Å². The molecule has 2 aromatic heterocycles. The lowest BCUT2D eigenvalue weighted by Gasteiger charge is -2.34. The minimum atomic E-state index is -5.08. The van der Waals surface area contributed by atoms with E-state index in [9.17, 15) is 13.2 Å². The van der Waals surface area contributed by atoms with Gasteiger partial charge in [0, 0.05) is 49.3 Å². The molecule has 0 amide bonds. The second kappa shape index (κ2) is 11.1. The minimum absolute atomic E-state index is 0.330. The van der Waals surface area contributed by atoms with Gasteiger partial charge >= 0.3 is 12.1 Å². The molecule has 7 nitrogen and oxygen atoms in total. The van der Waals surface area contributed by atoms with E-state index in [0.29, 0.717) is 12.1 Å². The molecular weight excluding hydrogens is 447 g/mol. The summed E-state index contributed by atoms with van der Waals surface area (Å²) in [6.45, 7) is 6.40. The maximum absolute atomic E-state index is 10.6. The summed E-state index contributed by atoms with van der Waals surface area (Å²) in [7, 11) is 0. The molecule has 3 heterocycles. The number of benzene rings is 1. The second-order valence-electron chi connectivity index (χ2n) is 8.22. The maximum atomic E-state index is 10.6. The molecule has 182 valence electrons. The van der Waals surface area contributed by atoms with Crippen LogP contribution in [0.5, 0.6) is 0 Å². The van der Waals surface area contributed by atoms with Gasteiger partial charge in [-0.25, -0.2) is 4.79 Å². The highest BCUT2D eigenvalue weighted by Gasteiger charge is 2.38. The Kier molecular flexibility index (Phi) is 8.27. The lowest BCUT2D eigenvalue weighted by Crippen LogP contribution is -2.43. The quantitative estimate of drug-likeness (QED) is 0.494. The third-order valence-corrected chi connectivity index (χ3v) is 5.64. The van der Waals surface area contributed by atoms with Crippen molar-refractivity contribution in [3.63, 3.8) is 0 Å². The highest BCUT2D eigenvalue weighted by Crippen LogP contribution is 2.25. The number of aromatic nitrogens is 3. The molecule has 4 rings (SSSR count). The summed E-state index contributed by atoms with van der Waals surface area (Å²) in [5.74, 6) is -1.68. The average Bonchev–Trinajstić information content (AvgIpc) is 3.26. The Morgan fingerprint density at radius 2 is 1.79 bits per heavy atom. The Hall–Kier alpha value is -3.40. The highest BCUT2D eigenvalue weighted by atomic mass is 19.4. The molecule has 3 aromatic rings. The fourth-order valence-electron chi connectivity index (χ4n) is 3.82. The molecule has 0 saturated carbocycles. The Morgan fingerprint density at radius 1 is 1.15 bits per heavy atom. The zero-order valence-corrected chi connectivity index (χ0v) is 19.0. The van der Waals surface area contributed by atoms with Gasteiger partial charge in [0.1, 0.15) is 0 Å². The second-order valence-corrected chi connectivity index (χ2v) is 8.22. The van der Waals surface area contributed by atoms with Crippen LogP contribution >= 0.6 is 0 Å². The Labute approximate surface area is 196 Å². The first-order valence-electron chi connectivity index (χ1n) is 11.0. The zero-order valence-electron chi connectivity index (χ0n) is 19.0. The number of H-pyrrole nitrogens is 1. The monoisotopic (exact) mass is 475 g/mol. The van der Waals surface area contributed by atoms with E-state index in [0.717, 1.165) is 37.4 Å². The number of nitrogens with one attached hydrogen (secondary N) is 2. The third kappa shape index (κ3) is 7.05. The summed E-state index contributed by atoms with van der Waals surface area (Å²) in [6.07, 6.45) is 0.886. The van der Waals surface area contributed by atoms with Gasteiger partial charge in [0.15, 0.2) is 5.82 Å². The van der Waals surface area contributed by atoms with E-state index in [1.54, 1.807) is 0 Å². The minimum Gasteiger partial charge on any atom is -0.475 e. The van der Waals surface area contributed by atoms with Gasteiger partial charge in [-0.3, -0.25) is 10.1 Å². The Bertz CT molecular complexity index is 1060. The van der Waals surface area contributed by atoms with Crippen LogP contribution in [0.4, 0.5) is 19.0 Å².